The molecule has 0 aliphatic carbocycles. The summed E-state index contributed by atoms with van der Waals surface area (Å²) >= 11 is 0. The smallest absolute Gasteiger partial charge is 0.287 e. The Bertz CT molecular complexity index is 698. The maximum absolute atomic E-state index is 12.4. The zero-order valence-corrected chi connectivity index (χ0v) is 16.1. The second-order valence-corrected chi connectivity index (χ2v) is 6.74. The predicted molar refractivity (Wildman–Crippen MR) is 103 cm³/mol. The molecule has 0 aliphatic heterocycles. The molecular weight excluding hydrogens is 344 g/mol. The fourth-order valence-electron chi connectivity index (χ4n) is 2.63. The van der Waals surface area contributed by atoms with E-state index in [9.17, 15) is 9.59 Å². The first-order valence-electron chi connectivity index (χ1n) is 9.27. The summed E-state index contributed by atoms with van der Waals surface area (Å²) in [5.74, 6) is -0.454. The van der Waals surface area contributed by atoms with Crippen molar-refractivity contribution in [2.75, 3.05) is 13.2 Å². The summed E-state index contributed by atoms with van der Waals surface area (Å²) in [6.45, 7) is 6.81. The van der Waals surface area contributed by atoms with E-state index >= 15 is 0 Å². The molecule has 2 atom stereocenters. The molecule has 1 aromatic heterocycles. The van der Waals surface area contributed by atoms with Crippen LogP contribution in [0.2, 0.25) is 0 Å². The Morgan fingerprint density at radius 2 is 1.81 bits per heavy atom. The maximum Gasteiger partial charge on any atom is 0.287 e. The molecular formula is C21H28N2O4. The van der Waals surface area contributed by atoms with Crippen LogP contribution in [0.3, 0.4) is 0 Å². The Morgan fingerprint density at radius 1 is 1.07 bits per heavy atom. The molecule has 2 N–H and O–H groups in total. The van der Waals surface area contributed by atoms with Crippen LogP contribution in [0.25, 0.3) is 0 Å². The summed E-state index contributed by atoms with van der Waals surface area (Å²) in [4.78, 5) is 24.5. The monoisotopic (exact) mass is 372 g/mol. The molecule has 2 rings (SSSR count). The lowest BCUT2D eigenvalue weighted by atomic mass is 10.0. The van der Waals surface area contributed by atoms with Crippen LogP contribution in [0, 0.1) is 5.92 Å². The van der Waals surface area contributed by atoms with Crippen molar-refractivity contribution in [1.29, 1.82) is 0 Å². The quantitative estimate of drug-likeness (QED) is 0.627. The highest BCUT2D eigenvalue weighted by Crippen LogP contribution is 2.15. The van der Waals surface area contributed by atoms with Gasteiger partial charge in [-0.25, -0.2) is 0 Å². The van der Waals surface area contributed by atoms with Crippen LogP contribution >= 0.6 is 0 Å². The van der Waals surface area contributed by atoms with Gasteiger partial charge in [0.05, 0.1) is 12.4 Å². The number of carbonyl (C=O) groups is 2. The van der Waals surface area contributed by atoms with Gasteiger partial charge in [0.1, 0.15) is 6.04 Å². The molecule has 1 heterocycles. The first-order valence-corrected chi connectivity index (χ1v) is 9.27. The summed E-state index contributed by atoms with van der Waals surface area (Å²) in [6, 6.07) is 12.6. The Hall–Kier alpha value is -2.60. The minimum atomic E-state index is -0.619. The molecule has 6 nitrogen and oxygen atoms in total. The molecule has 0 fully saturated rings. The topological polar surface area (TPSA) is 80.6 Å². The highest BCUT2D eigenvalue weighted by atomic mass is 16.5. The van der Waals surface area contributed by atoms with Crippen molar-refractivity contribution in [2.24, 2.45) is 5.92 Å². The van der Waals surface area contributed by atoms with Crippen LogP contribution in [0.1, 0.15) is 49.4 Å². The zero-order valence-electron chi connectivity index (χ0n) is 16.1. The van der Waals surface area contributed by atoms with Gasteiger partial charge in [0, 0.05) is 13.2 Å². The number of hydrogen-bond acceptors (Lipinski definition) is 4. The minimum absolute atomic E-state index is 0.0119. The molecule has 6 heteroatoms. The van der Waals surface area contributed by atoms with Crippen molar-refractivity contribution < 1.29 is 18.7 Å². The molecule has 0 bridgehead atoms. The Balaban J connectivity index is 1.71. The van der Waals surface area contributed by atoms with Crippen LogP contribution in [-0.4, -0.2) is 31.0 Å². The molecule has 2 unspecified atom stereocenters. The molecule has 2 amide bonds. The lowest BCUT2D eigenvalue weighted by Crippen LogP contribution is -2.49. The molecule has 2 aromatic rings. The second-order valence-electron chi connectivity index (χ2n) is 6.74. The highest BCUT2D eigenvalue weighted by Gasteiger charge is 2.25. The van der Waals surface area contributed by atoms with Gasteiger partial charge in [-0.3, -0.25) is 9.59 Å². The van der Waals surface area contributed by atoms with Gasteiger partial charge in [0.25, 0.3) is 5.91 Å². The van der Waals surface area contributed by atoms with E-state index in [0.717, 1.165) is 5.56 Å². The van der Waals surface area contributed by atoms with E-state index in [4.69, 9.17) is 9.15 Å². The lowest BCUT2D eigenvalue weighted by Gasteiger charge is -2.21. The fraction of sp³-hybridized carbons (Fsp3) is 0.429. The van der Waals surface area contributed by atoms with Crippen LogP contribution in [0.15, 0.2) is 53.1 Å². The van der Waals surface area contributed by atoms with Crippen LogP contribution in [-0.2, 0) is 9.53 Å². The van der Waals surface area contributed by atoms with Crippen LogP contribution < -0.4 is 10.6 Å². The largest absolute Gasteiger partial charge is 0.459 e. The van der Waals surface area contributed by atoms with Crippen molar-refractivity contribution in [3.63, 3.8) is 0 Å². The Morgan fingerprint density at radius 3 is 2.44 bits per heavy atom. The Labute approximate surface area is 160 Å². The van der Waals surface area contributed by atoms with E-state index in [-0.39, 0.29) is 23.7 Å². The third kappa shape index (κ3) is 6.57. The lowest BCUT2D eigenvalue weighted by molar-refractivity contribution is -0.124. The number of benzene rings is 1. The summed E-state index contributed by atoms with van der Waals surface area (Å²) < 4.78 is 10.9. The maximum atomic E-state index is 12.4. The molecule has 0 aliphatic rings. The third-order valence-electron chi connectivity index (χ3n) is 4.24. The van der Waals surface area contributed by atoms with Gasteiger partial charge in [-0.05, 0) is 37.0 Å². The highest BCUT2D eigenvalue weighted by molar-refractivity contribution is 5.95. The van der Waals surface area contributed by atoms with E-state index in [1.807, 2.05) is 51.1 Å². The van der Waals surface area contributed by atoms with Crippen LogP contribution in [0.5, 0.6) is 0 Å². The van der Waals surface area contributed by atoms with Crippen molar-refractivity contribution in [3.8, 4) is 0 Å². The van der Waals surface area contributed by atoms with Crippen LogP contribution in [0.4, 0.5) is 0 Å². The number of ether oxygens (including phenoxy) is 1. The van der Waals surface area contributed by atoms with E-state index in [1.165, 1.54) is 6.26 Å². The van der Waals surface area contributed by atoms with E-state index in [2.05, 4.69) is 10.6 Å². The van der Waals surface area contributed by atoms with Gasteiger partial charge < -0.3 is 19.8 Å². The average Bonchev–Trinajstić information content (AvgIpc) is 3.20. The summed E-state index contributed by atoms with van der Waals surface area (Å²) in [5.41, 5.74) is 1.13. The third-order valence-corrected chi connectivity index (χ3v) is 4.24. The molecule has 146 valence electrons. The number of nitrogens with one attached hydrogen (secondary N) is 2. The zero-order chi connectivity index (χ0) is 19.6. The number of amides is 2. The molecule has 0 saturated heterocycles. The standard InChI is InChI=1S/C21H28N2O4/c1-15(2)19(23-20(24)18-11-7-13-27-18)21(25)22-12-8-14-26-16(3)17-9-5-4-6-10-17/h4-7,9-11,13,15-16,19H,8,12,14H2,1-3H3,(H,22,25)(H,23,24). The molecule has 27 heavy (non-hydrogen) atoms. The van der Waals surface area contributed by atoms with Gasteiger partial charge in [-0.15, -0.1) is 0 Å². The van der Waals surface area contributed by atoms with Gasteiger partial charge in [0.15, 0.2) is 5.76 Å². The summed E-state index contributed by atoms with van der Waals surface area (Å²) in [5, 5.41) is 5.59. The van der Waals surface area contributed by atoms with Gasteiger partial charge >= 0.3 is 0 Å². The van der Waals surface area contributed by atoms with E-state index in [0.29, 0.717) is 19.6 Å². The predicted octanol–water partition coefficient (Wildman–Crippen LogP) is 3.32. The average molecular weight is 372 g/mol. The molecule has 0 spiro atoms. The van der Waals surface area contributed by atoms with Crippen molar-refractivity contribution in [2.45, 2.75) is 39.3 Å². The normalized spacial score (nSPS) is 13.2. The van der Waals surface area contributed by atoms with Crippen molar-refractivity contribution in [3.05, 3.63) is 60.1 Å². The first kappa shape index (κ1) is 20.7. The number of hydrogen-bond donors (Lipinski definition) is 2. The second kappa shape index (κ2) is 10.5. The van der Waals surface area contributed by atoms with Gasteiger partial charge in [-0.1, -0.05) is 44.2 Å². The first-order chi connectivity index (χ1) is 13.0. The van der Waals surface area contributed by atoms with Gasteiger partial charge in [0.2, 0.25) is 5.91 Å². The number of carbonyl (C=O) groups excluding carboxylic acids is 2. The Kier molecular flexibility index (Phi) is 8.07. The fourth-order valence-corrected chi connectivity index (χ4v) is 2.63. The van der Waals surface area contributed by atoms with Crippen molar-refractivity contribution in [1.82, 2.24) is 10.6 Å². The molecule has 0 radical (unpaired) electrons. The summed E-state index contributed by atoms with van der Waals surface area (Å²) in [7, 11) is 0. The van der Waals surface area contributed by atoms with Crippen molar-refractivity contribution >= 4 is 11.8 Å². The molecule has 0 saturated carbocycles. The van der Waals surface area contributed by atoms with Gasteiger partial charge in [-0.2, -0.15) is 0 Å². The SMILES string of the molecule is CC(OCCCNC(=O)C(NC(=O)c1ccco1)C(C)C)c1ccccc1. The van der Waals surface area contributed by atoms with E-state index in [1.54, 1.807) is 12.1 Å². The summed E-state index contributed by atoms with van der Waals surface area (Å²) in [6.07, 6.45) is 2.13. The van der Waals surface area contributed by atoms with E-state index < -0.39 is 11.9 Å². The number of furan rings is 1. The number of rotatable bonds is 10. The molecule has 1 aromatic carbocycles. The minimum Gasteiger partial charge on any atom is -0.459 e.